The Morgan fingerprint density at radius 2 is 1.67 bits per heavy atom. The SMILES string of the molecule is CC(C)N(CCC#N)[PH](O)(O)C(C)C.NP(O)O. The van der Waals surface area contributed by atoms with Gasteiger partial charge in [-0.15, -0.1) is 0 Å². The second-order valence-corrected chi connectivity index (χ2v) is 8.10. The van der Waals surface area contributed by atoms with Crippen LogP contribution < -0.4 is 5.50 Å². The van der Waals surface area contributed by atoms with Gasteiger partial charge in [-0.3, -0.25) is 5.50 Å². The van der Waals surface area contributed by atoms with Crippen molar-refractivity contribution in [1.29, 1.82) is 5.26 Å². The maximum Gasteiger partial charge on any atom is 0.247 e. The predicted octanol–water partition coefficient (Wildman–Crippen LogP) is 0.655. The van der Waals surface area contributed by atoms with Gasteiger partial charge >= 0.3 is 86.0 Å². The molecule has 0 atom stereocenters. The van der Waals surface area contributed by atoms with Crippen LogP contribution in [0.2, 0.25) is 0 Å². The molecule has 110 valence electrons. The summed E-state index contributed by atoms with van der Waals surface area (Å²) in [5.41, 5.74) is 4.14. The van der Waals surface area contributed by atoms with Crippen LogP contribution in [-0.4, -0.2) is 42.5 Å². The minimum atomic E-state index is -3.33. The van der Waals surface area contributed by atoms with Gasteiger partial charge in [-0.25, -0.2) is 0 Å². The Labute approximate surface area is 110 Å². The minimum Gasteiger partial charge on any atom is -0.338 e. The number of nitrogens with zero attached hydrogens (tertiary/aromatic N) is 2. The van der Waals surface area contributed by atoms with Gasteiger partial charge in [0.25, 0.3) is 0 Å². The van der Waals surface area contributed by atoms with Gasteiger partial charge in [-0.1, -0.05) is 0 Å². The van der Waals surface area contributed by atoms with E-state index in [0.717, 1.165) is 0 Å². The van der Waals surface area contributed by atoms with Crippen molar-refractivity contribution >= 4 is 16.4 Å². The minimum absolute atomic E-state index is 0.0624. The molecule has 0 fully saturated rings. The zero-order valence-electron chi connectivity index (χ0n) is 11.3. The molecule has 0 saturated carbocycles. The molecule has 0 heterocycles. The molecule has 0 spiro atoms. The van der Waals surface area contributed by atoms with Crippen LogP contribution in [0.1, 0.15) is 34.1 Å². The van der Waals surface area contributed by atoms with Crippen LogP contribution in [0.4, 0.5) is 0 Å². The van der Waals surface area contributed by atoms with Crippen molar-refractivity contribution in [3.63, 3.8) is 0 Å². The van der Waals surface area contributed by atoms with Crippen LogP contribution >= 0.6 is 16.4 Å². The van der Waals surface area contributed by atoms with E-state index in [1.807, 2.05) is 19.9 Å². The first-order valence-corrected chi connectivity index (χ1v) is 8.81. The van der Waals surface area contributed by atoms with Crippen LogP contribution in [0.15, 0.2) is 0 Å². The van der Waals surface area contributed by atoms with Crippen LogP contribution in [0.3, 0.4) is 0 Å². The standard InChI is InChI=1S/C9H21N2O2P.H4NO2P/c1-8(2)11(7-5-6-10)14(12,13)9(3)4;1-4(2)3/h8-9,12-14H,5,7H2,1-4H3;2-3H,1H2. The summed E-state index contributed by atoms with van der Waals surface area (Å²) in [5.74, 6) is 0. The van der Waals surface area contributed by atoms with E-state index in [1.54, 1.807) is 18.5 Å². The van der Waals surface area contributed by atoms with Crippen molar-refractivity contribution in [2.24, 2.45) is 5.50 Å². The summed E-state index contributed by atoms with van der Waals surface area (Å²) < 4.78 is 1.67. The molecule has 0 aromatic carbocycles. The molecule has 9 heteroatoms. The Morgan fingerprint density at radius 3 is 1.89 bits per heavy atom. The van der Waals surface area contributed by atoms with Crippen LogP contribution in [-0.2, 0) is 0 Å². The van der Waals surface area contributed by atoms with E-state index in [0.29, 0.717) is 13.0 Å². The molecule has 0 radical (unpaired) electrons. The smallest absolute Gasteiger partial charge is 0.247 e. The summed E-state index contributed by atoms with van der Waals surface area (Å²) in [6, 6.07) is 2.08. The van der Waals surface area contributed by atoms with Gasteiger partial charge in [-0.05, 0) is 0 Å². The number of nitrogens with two attached hydrogens (primary N) is 1. The second kappa shape index (κ2) is 9.96. The largest absolute Gasteiger partial charge is 0.338 e. The van der Waals surface area contributed by atoms with Crippen molar-refractivity contribution in [2.45, 2.75) is 45.8 Å². The maximum absolute atomic E-state index is 9.96. The van der Waals surface area contributed by atoms with E-state index >= 15 is 0 Å². The normalized spacial score (nSPS) is 12.7. The van der Waals surface area contributed by atoms with E-state index in [9.17, 15) is 9.79 Å². The summed E-state index contributed by atoms with van der Waals surface area (Å²) in [4.78, 5) is 34.8. The zero-order chi connectivity index (χ0) is 14.9. The Kier molecular flexibility index (Phi) is 11.3. The van der Waals surface area contributed by atoms with Gasteiger partial charge in [0.1, 0.15) is 0 Å². The molecular formula is C9H25N3O4P2. The average Bonchev–Trinajstić information content (AvgIpc) is 2.16. The quantitative estimate of drug-likeness (QED) is 0.471. The molecule has 0 rings (SSSR count). The first-order chi connectivity index (χ1) is 8.07. The first kappa shape index (κ1) is 20.4. The fraction of sp³-hybridized carbons (Fsp3) is 0.889. The van der Waals surface area contributed by atoms with Gasteiger partial charge in [0, 0.05) is 0 Å². The van der Waals surface area contributed by atoms with Gasteiger partial charge in [0.15, 0.2) is 0 Å². The fourth-order valence-electron chi connectivity index (χ4n) is 1.30. The van der Waals surface area contributed by atoms with E-state index < -0.39 is 16.4 Å². The van der Waals surface area contributed by atoms with E-state index in [1.165, 1.54) is 0 Å². The van der Waals surface area contributed by atoms with Crippen molar-refractivity contribution in [1.82, 2.24) is 4.67 Å². The summed E-state index contributed by atoms with van der Waals surface area (Å²) >= 11 is 0. The van der Waals surface area contributed by atoms with Crippen LogP contribution in [0, 0.1) is 11.3 Å². The van der Waals surface area contributed by atoms with Gasteiger partial charge in [0.2, 0.25) is 8.53 Å². The predicted molar refractivity (Wildman–Crippen MR) is 75.5 cm³/mol. The number of rotatable bonds is 5. The zero-order valence-corrected chi connectivity index (χ0v) is 13.2. The molecule has 0 aromatic rings. The Hall–Kier alpha value is 0.110. The van der Waals surface area contributed by atoms with Crippen molar-refractivity contribution < 1.29 is 19.6 Å². The molecule has 0 aromatic heterocycles. The third-order valence-corrected chi connectivity index (χ3v) is 5.42. The van der Waals surface area contributed by atoms with Crippen molar-refractivity contribution in [3.8, 4) is 6.07 Å². The molecule has 6 N–H and O–H groups in total. The number of hydrogen-bond donors (Lipinski definition) is 5. The van der Waals surface area contributed by atoms with Gasteiger partial charge < -0.3 is 9.79 Å². The topological polar surface area (TPSA) is 134 Å². The third kappa shape index (κ3) is 9.09. The van der Waals surface area contributed by atoms with Crippen molar-refractivity contribution in [3.05, 3.63) is 0 Å². The van der Waals surface area contributed by atoms with Crippen LogP contribution in [0.5, 0.6) is 0 Å². The molecule has 0 bridgehead atoms. The Bertz CT molecular complexity index is 254. The molecule has 18 heavy (non-hydrogen) atoms. The maximum atomic E-state index is 9.96. The summed E-state index contributed by atoms with van der Waals surface area (Å²) in [7, 11) is -5.45. The molecule has 0 unspecified atom stereocenters. The molecule has 0 amide bonds. The molecule has 0 aliphatic rings. The van der Waals surface area contributed by atoms with Gasteiger partial charge in [-0.2, -0.15) is 0 Å². The van der Waals surface area contributed by atoms with Crippen LogP contribution in [0.25, 0.3) is 0 Å². The van der Waals surface area contributed by atoms with Crippen molar-refractivity contribution in [2.75, 3.05) is 6.54 Å². The number of hydrogen-bond acceptors (Lipinski definition) is 7. The summed E-state index contributed by atoms with van der Waals surface area (Å²) in [6.45, 7) is 7.86. The second-order valence-electron chi connectivity index (χ2n) is 4.36. The Morgan fingerprint density at radius 1 is 1.28 bits per heavy atom. The van der Waals surface area contributed by atoms with E-state index in [2.05, 4.69) is 5.50 Å². The third-order valence-electron chi connectivity index (χ3n) is 2.29. The first-order valence-electron chi connectivity index (χ1n) is 5.58. The van der Waals surface area contributed by atoms with E-state index in [4.69, 9.17) is 15.0 Å². The van der Waals surface area contributed by atoms with E-state index in [-0.39, 0.29) is 11.7 Å². The molecule has 7 nitrogen and oxygen atoms in total. The van der Waals surface area contributed by atoms with Gasteiger partial charge in [0.05, 0.1) is 0 Å². The molecule has 0 saturated heterocycles. The summed E-state index contributed by atoms with van der Waals surface area (Å²) in [6.07, 6.45) is 0.334. The average molecular weight is 301 g/mol. The fourth-order valence-corrected chi connectivity index (χ4v) is 3.17. The Balaban J connectivity index is 0. The number of nitriles is 1. The molecule has 0 aliphatic heterocycles. The monoisotopic (exact) mass is 301 g/mol. The molecule has 0 aliphatic carbocycles. The molecular weight excluding hydrogens is 276 g/mol. The summed E-state index contributed by atoms with van der Waals surface area (Å²) in [5, 5.41) is 8.48.